The van der Waals surface area contributed by atoms with Gasteiger partial charge < -0.3 is 4.74 Å². The van der Waals surface area contributed by atoms with Crippen LogP contribution in [0.15, 0.2) is 29.8 Å². The Morgan fingerprint density at radius 1 is 1.29 bits per heavy atom. The Kier molecular flexibility index (Phi) is 3.62. The maximum absolute atomic E-state index is 11.8. The predicted molar refractivity (Wildman–Crippen MR) is 69.0 cm³/mol. The Hall–Kier alpha value is -1.57. The van der Waals surface area contributed by atoms with Crippen molar-refractivity contribution in [3.63, 3.8) is 0 Å². The van der Waals surface area contributed by atoms with E-state index < -0.39 is 0 Å². The van der Waals surface area contributed by atoms with E-state index in [1.54, 1.807) is 7.11 Å². The van der Waals surface area contributed by atoms with E-state index >= 15 is 0 Å². The van der Waals surface area contributed by atoms with E-state index in [1.165, 1.54) is 0 Å². The highest BCUT2D eigenvalue weighted by Gasteiger charge is 2.19. The van der Waals surface area contributed by atoms with Crippen molar-refractivity contribution in [3.05, 3.63) is 35.4 Å². The van der Waals surface area contributed by atoms with Gasteiger partial charge in [0.05, 0.1) is 7.11 Å². The molecule has 0 radical (unpaired) electrons. The van der Waals surface area contributed by atoms with E-state index in [1.807, 2.05) is 30.3 Å². The Morgan fingerprint density at radius 2 is 2.00 bits per heavy atom. The standard InChI is InChI=1S/C15H18O2/c1-11-3-8-15(16)13(9-11)10-12-4-6-14(17-2)7-5-12/h4-7,10-11H,3,8-9H2,1-2H3. The average Bonchev–Trinajstić information content (AvgIpc) is 2.35. The number of hydrogen-bond donors (Lipinski definition) is 0. The lowest BCUT2D eigenvalue weighted by molar-refractivity contribution is -0.116. The van der Waals surface area contributed by atoms with Crippen molar-refractivity contribution in [1.82, 2.24) is 0 Å². The second-order valence-electron chi connectivity index (χ2n) is 4.71. The molecule has 1 atom stereocenters. The lowest BCUT2D eigenvalue weighted by atomic mass is 9.85. The highest BCUT2D eigenvalue weighted by molar-refractivity contribution is 6.00. The van der Waals surface area contributed by atoms with E-state index in [4.69, 9.17) is 4.74 Å². The molecule has 0 amide bonds. The molecular formula is C15H18O2. The van der Waals surface area contributed by atoms with Crippen molar-refractivity contribution in [1.29, 1.82) is 0 Å². The number of rotatable bonds is 2. The fourth-order valence-electron chi connectivity index (χ4n) is 2.17. The van der Waals surface area contributed by atoms with Gasteiger partial charge in [-0.25, -0.2) is 0 Å². The summed E-state index contributed by atoms with van der Waals surface area (Å²) in [4.78, 5) is 11.8. The fraction of sp³-hybridized carbons (Fsp3) is 0.400. The monoisotopic (exact) mass is 230 g/mol. The van der Waals surface area contributed by atoms with Crippen LogP contribution >= 0.6 is 0 Å². The van der Waals surface area contributed by atoms with Gasteiger partial charge in [-0.05, 0) is 48.1 Å². The molecule has 1 aliphatic carbocycles. The zero-order valence-electron chi connectivity index (χ0n) is 10.4. The zero-order chi connectivity index (χ0) is 12.3. The molecule has 0 spiro atoms. The predicted octanol–water partition coefficient (Wildman–Crippen LogP) is 3.47. The number of ketones is 1. The second kappa shape index (κ2) is 5.17. The molecule has 1 aromatic carbocycles. The van der Waals surface area contributed by atoms with E-state index in [0.717, 1.165) is 29.7 Å². The number of benzene rings is 1. The minimum Gasteiger partial charge on any atom is -0.497 e. The van der Waals surface area contributed by atoms with Crippen LogP contribution < -0.4 is 4.74 Å². The van der Waals surface area contributed by atoms with Crippen LogP contribution in [0, 0.1) is 5.92 Å². The number of methoxy groups -OCH3 is 1. The number of ether oxygens (including phenoxy) is 1. The van der Waals surface area contributed by atoms with Crippen molar-refractivity contribution < 1.29 is 9.53 Å². The summed E-state index contributed by atoms with van der Waals surface area (Å²) in [5.74, 6) is 1.77. The minimum atomic E-state index is 0.305. The lowest BCUT2D eigenvalue weighted by Gasteiger charge is -2.19. The fourth-order valence-corrected chi connectivity index (χ4v) is 2.17. The van der Waals surface area contributed by atoms with Crippen LogP contribution in [0.5, 0.6) is 5.75 Å². The van der Waals surface area contributed by atoms with Crippen LogP contribution in [0.3, 0.4) is 0 Å². The normalized spacial score (nSPS) is 22.8. The summed E-state index contributed by atoms with van der Waals surface area (Å²) >= 11 is 0. The van der Waals surface area contributed by atoms with Crippen molar-refractivity contribution in [2.75, 3.05) is 7.11 Å². The SMILES string of the molecule is COc1ccc(C=C2CC(C)CCC2=O)cc1. The molecule has 0 N–H and O–H groups in total. The summed E-state index contributed by atoms with van der Waals surface area (Å²) in [5.41, 5.74) is 2.04. The van der Waals surface area contributed by atoms with Crippen LogP contribution in [0.1, 0.15) is 31.7 Å². The molecular weight excluding hydrogens is 212 g/mol. The Morgan fingerprint density at radius 3 is 2.65 bits per heavy atom. The number of carbonyl (C=O) groups is 1. The topological polar surface area (TPSA) is 26.3 Å². The maximum Gasteiger partial charge on any atom is 0.158 e. The molecule has 1 aromatic rings. The molecule has 0 aliphatic heterocycles. The molecule has 17 heavy (non-hydrogen) atoms. The van der Waals surface area contributed by atoms with E-state index in [2.05, 4.69) is 6.92 Å². The van der Waals surface area contributed by atoms with Gasteiger partial charge in [-0.3, -0.25) is 4.79 Å². The summed E-state index contributed by atoms with van der Waals surface area (Å²) in [5, 5.41) is 0. The Labute approximate surface area is 102 Å². The van der Waals surface area contributed by atoms with Gasteiger partial charge in [-0.1, -0.05) is 19.1 Å². The lowest BCUT2D eigenvalue weighted by Crippen LogP contribution is -2.14. The third-order valence-corrected chi connectivity index (χ3v) is 3.25. The summed E-state index contributed by atoms with van der Waals surface area (Å²) in [6.07, 6.45) is 4.64. The van der Waals surface area contributed by atoms with Crippen LogP contribution in [0.25, 0.3) is 6.08 Å². The first kappa shape index (κ1) is 11.9. The second-order valence-corrected chi connectivity index (χ2v) is 4.71. The number of hydrogen-bond acceptors (Lipinski definition) is 2. The summed E-state index contributed by atoms with van der Waals surface area (Å²) in [6, 6.07) is 7.81. The van der Waals surface area contributed by atoms with Crippen molar-refractivity contribution in [2.45, 2.75) is 26.2 Å². The first-order valence-corrected chi connectivity index (χ1v) is 6.07. The summed E-state index contributed by atoms with van der Waals surface area (Å²) in [6.45, 7) is 2.20. The molecule has 2 nitrogen and oxygen atoms in total. The summed E-state index contributed by atoms with van der Waals surface area (Å²) in [7, 11) is 1.65. The minimum absolute atomic E-state index is 0.305. The van der Waals surface area contributed by atoms with Gasteiger partial charge in [0, 0.05) is 6.42 Å². The first-order valence-electron chi connectivity index (χ1n) is 6.07. The average molecular weight is 230 g/mol. The smallest absolute Gasteiger partial charge is 0.158 e. The Balaban J connectivity index is 2.18. The van der Waals surface area contributed by atoms with E-state index in [0.29, 0.717) is 18.1 Å². The molecule has 2 rings (SSSR count). The molecule has 0 bridgehead atoms. The van der Waals surface area contributed by atoms with Gasteiger partial charge >= 0.3 is 0 Å². The first-order chi connectivity index (χ1) is 8.19. The van der Waals surface area contributed by atoms with Crippen molar-refractivity contribution >= 4 is 11.9 Å². The van der Waals surface area contributed by atoms with Crippen LogP contribution in [0.2, 0.25) is 0 Å². The Bertz CT molecular complexity index is 429. The van der Waals surface area contributed by atoms with Crippen LogP contribution in [-0.2, 0) is 4.79 Å². The van der Waals surface area contributed by atoms with Crippen molar-refractivity contribution in [2.24, 2.45) is 5.92 Å². The van der Waals surface area contributed by atoms with Gasteiger partial charge in [0.15, 0.2) is 5.78 Å². The van der Waals surface area contributed by atoms with Crippen molar-refractivity contribution in [3.8, 4) is 5.75 Å². The van der Waals surface area contributed by atoms with E-state index in [-0.39, 0.29) is 0 Å². The third-order valence-electron chi connectivity index (χ3n) is 3.25. The van der Waals surface area contributed by atoms with Crippen LogP contribution in [0.4, 0.5) is 0 Å². The highest BCUT2D eigenvalue weighted by Crippen LogP contribution is 2.27. The molecule has 0 saturated heterocycles. The van der Waals surface area contributed by atoms with E-state index in [9.17, 15) is 4.79 Å². The van der Waals surface area contributed by atoms with Crippen LogP contribution in [-0.4, -0.2) is 12.9 Å². The van der Waals surface area contributed by atoms with Gasteiger partial charge in [-0.15, -0.1) is 0 Å². The zero-order valence-corrected chi connectivity index (χ0v) is 10.4. The largest absolute Gasteiger partial charge is 0.497 e. The van der Waals surface area contributed by atoms with Gasteiger partial charge in [0.1, 0.15) is 5.75 Å². The third kappa shape index (κ3) is 2.96. The molecule has 90 valence electrons. The molecule has 0 aromatic heterocycles. The summed E-state index contributed by atoms with van der Waals surface area (Å²) < 4.78 is 5.11. The van der Waals surface area contributed by atoms with Gasteiger partial charge in [0.25, 0.3) is 0 Å². The molecule has 1 fully saturated rings. The molecule has 0 heterocycles. The highest BCUT2D eigenvalue weighted by atomic mass is 16.5. The number of Topliss-reactive ketones (excluding diaryl/α,β-unsaturated/α-hetero) is 1. The number of carbonyl (C=O) groups excluding carboxylic acids is 1. The number of allylic oxidation sites excluding steroid dienone is 1. The quantitative estimate of drug-likeness (QED) is 0.727. The molecule has 2 heteroatoms. The molecule has 1 aliphatic rings. The molecule has 1 unspecified atom stereocenters. The van der Waals surface area contributed by atoms with Gasteiger partial charge in [-0.2, -0.15) is 0 Å². The maximum atomic E-state index is 11.8. The van der Waals surface area contributed by atoms with Gasteiger partial charge in [0.2, 0.25) is 0 Å². The molecule has 1 saturated carbocycles.